The third-order valence-corrected chi connectivity index (χ3v) is 4.58. The molecule has 2 aliphatic heterocycles. The lowest BCUT2D eigenvalue weighted by Crippen LogP contribution is -2.48. The second-order valence-electron chi connectivity index (χ2n) is 6.02. The Balaban J connectivity index is 1.49. The van der Waals surface area contributed by atoms with E-state index in [1.165, 1.54) is 12.8 Å². The zero-order valence-corrected chi connectivity index (χ0v) is 11.8. The summed E-state index contributed by atoms with van der Waals surface area (Å²) in [6.07, 6.45) is 5.25. The molecule has 0 spiro atoms. The number of para-hydroxylation sites is 1. The first-order valence-corrected chi connectivity index (χ1v) is 7.58. The molecule has 2 unspecified atom stereocenters. The minimum absolute atomic E-state index is 0.102. The molecule has 2 aliphatic rings. The molecule has 0 saturated carbocycles. The molecular formula is C16H23N3O. The Kier molecular flexibility index (Phi) is 4.03. The van der Waals surface area contributed by atoms with Gasteiger partial charge in [-0.3, -0.25) is 9.69 Å². The Labute approximate surface area is 120 Å². The van der Waals surface area contributed by atoms with Gasteiger partial charge in [0.2, 0.25) is 5.91 Å². The Morgan fingerprint density at radius 1 is 1.20 bits per heavy atom. The van der Waals surface area contributed by atoms with E-state index in [2.05, 4.69) is 10.2 Å². The molecule has 3 N–H and O–H groups in total. The minimum Gasteiger partial charge on any atom is -0.328 e. The van der Waals surface area contributed by atoms with Crippen LogP contribution in [0.2, 0.25) is 0 Å². The summed E-state index contributed by atoms with van der Waals surface area (Å²) in [5, 5.41) is 2.95. The first kappa shape index (κ1) is 13.6. The number of anilines is 1. The van der Waals surface area contributed by atoms with E-state index in [1.54, 1.807) is 0 Å². The minimum atomic E-state index is 0.102. The van der Waals surface area contributed by atoms with Crippen molar-refractivity contribution >= 4 is 11.6 Å². The lowest BCUT2D eigenvalue weighted by Gasteiger charge is -2.37. The predicted octanol–water partition coefficient (Wildman–Crippen LogP) is 1.97. The molecule has 1 aromatic carbocycles. The molecule has 2 heterocycles. The molecule has 1 aromatic rings. The van der Waals surface area contributed by atoms with Gasteiger partial charge in [0.05, 0.1) is 0 Å². The van der Waals surface area contributed by atoms with Crippen molar-refractivity contribution in [3.8, 4) is 0 Å². The summed E-state index contributed by atoms with van der Waals surface area (Å²) in [5.74, 6) is 0.102. The van der Waals surface area contributed by atoms with E-state index in [4.69, 9.17) is 5.73 Å². The van der Waals surface area contributed by atoms with Gasteiger partial charge in [-0.15, -0.1) is 0 Å². The van der Waals surface area contributed by atoms with Crippen molar-refractivity contribution in [3.63, 3.8) is 0 Å². The van der Waals surface area contributed by atoms with Gasteiger partial charge in [-0.05, 0) is 37.8 Å². The molecule has 4 nitrogen and oxygen atoms in total. The Hall–Kier alpha value is -1.39. The van der Waals surface area contributed by atoms with Gasteiger partial charge in [-0.1, -0.05) is 18.2 Å². The van der Waals surface area contributed by atoms with E-state index in [0.717, 1.165) is 25.1 Å². The van der Waals surface area contributed by atoms with E-state index < -0.39 is 0 Å². The van der Waals surface area contributed by atoms with E-state index >= 15 is 0 Å². The number of nitrogens with zero attached hydrogens (tertiary/aromatic N) is 1. The average Bonchev–Trinajstić information content (AvgIpc) is 2.68. The number of piperidine rings is 1. The van der Waals surface area contributed by atoms with Crippen LogP contribution in [0.25, 0.3) is 0 Å². The van der Waals surface area contributed by atoms with Gasteiger partial charge in [0, 0.05) is 36.8 Å². The summed E-state index contributed by atoms with van der Waals surface area (Å²) in [6, 6.07) is 11.2. The fraction of sp³-hybridized carbons (Fsp3) is 0.562. The Morgan fingerprint density at radius 3 is 2.50 bits per heavy atom. The number of carbonyl (C=O) groups excluding carboxylic acids is 1. The van der Waals surface area contributed by atoms with Crippen LogP contribution in [0.3, 0.4) is 0 Å². The van der Waals surface area contributed by atoms with Gasteiger partial charge < -0.3 is 11.1 Å². The van der Waals surface area contributed by atoms with Crippen molar-refractivity contribution < 1.29 is 4.79 Å². The molecule has 2 bridgehead atoms. The number of fused-ring (bicyclic) bond motifs is 2. The van der Waals surface area contributed by atoms with E-state index in [9.17, 15) is 4.79 Å². The molecule has 2 atom stereocenters. The summed E-state index contributed by atoms with van der Waals surface area (Å²) >= 11 is 0. The normalized spacial score (nSPS) is 29.4. The van der Waals surface area contributed by atoms with Crippen molar-refractivity contribution in [3.05, 3.63) is 30.3 Å². The van der Waals surface area contributed by atoms with Gasteiger partial charge in [-0.2, -0.15) is 0 Å². The third kappa shape index (κ3) is 3.02. The number of amides is 1. The van der Waals surface area contributed by atoms with Gasteiger partial charge in [0.15, 0.2) is 0 Å². The lowest BCUT2D eigenvalue weighted by atomic mass is 9.98. The summed E-state index contributed by atoms with van der Waals surface area (Å²) in [7, 11) is 0. The molecule has 1 amide bonds. The smallest absolute Gasteiger partial charge is 0.225 e. The maximum atomic E-state index is 12.0. The summed E-state index contributed by atoms with van der Waals surface area (Å²) in [5.41, 5.74) is 6.95. The number of benzene rings is 1. The molecule has 0 aliphatic carbocycles. The fourth-order valence-corrected chi connectivity index (χ4v) is 3.66. The predicted molar refractivity (Wildman–Crippen MR) is 80.4 cm³/mol. The highest BCUT2D eigenvalue weighted by Crippen LogP contribution is 2.34. The van der Waals surface area contributed by atoms with Crippen molar-refractivity contribution in [1.29, 1.82) is 0 Å². The van der Waals surface area contributed by atoms with Crippen molar-refractivity contribution in [2.24, 2.45) is 5.73 Å². The van der Waals surface area contributed by atoms with Crippen molar-refractivity contribution in [2.75, 3.05) is 11.9 Å². The van der Waals surface area contributed by atoms with Crippen molar-refractivity contribution in [1.82, 2.24) is 4.90 Å². The van der Waals surface area contributed by atoms with Crippen LogP contribution in [0.1, 0.15) is 32.1 Å². The SMILES string of the molecule is NC1CC2CCC(C1)N2CCC(=O)Nc1ccccc1. The molecular weight excluding hydrogens is 250 g/mol. The molecule has 3 rings (SSSR count). The van der Waals surface area contributed by atoms with Crippen LogP contribution in [0, 0.1) is 0 Å². The lowest BCUT2D eigenvalue weighted by molar-refractivity contribution is -0.116. The highest BCUT2D eigenvalue weighted by atomic mass is 16.1. The number of hydrogen-bond acceptors (Lipinski definition) is 3. The van der Waals surface area contributed by atoms with Crippen LogP contribution in [-0.4, -0.2) is 35.5 Å². The van der Waals surface area contributed by atoms with Crippen LogP contribution in [0.4, 0.5) is 5.69 Å². The number of nitrogens with one attached hydrogen (secondary N) is 1. The standard InChI is InChI=1S/C16H23N3O/c17-12-10-14-6-7-15(11-12)19(14)9-8-16(20)18-13-4-2-1-3-5-13/h1-5,12,14-15H,6-11,17H2,(H,18,20). The van der Waals surface area contributed by atoms with Crippen LogP contribution in [-0.2, 0) is 4.79 Å². The first-order valence-electron chi connectivity index (χ1n) is 7.58. The topological polar surface area (TPSA) is 58.4 Å². The molecule has 0 radical (unpaired) electrons. The maximum Gasteiger partial charge on any atom is 0.225 e. The number of nitrogens with two attached hydrogens (primary N) is 1. The third-order valence-electron chi connectivity index (χ3n) is 4.58. The largest absolute Gasteiger partial charge is 0.328 e. The van der Waals surface area contributed by atoms with Gasteiger partial charge in [0.25, 0.3) is 0 Å². The first-order chi connectivity index (χ1) is 9.72. The monoisotopic (exact) mass is 273 g/mol. The van der Waals surface area contributed by atoms with Gasteiger partial charge in [0.1, 0.15) is 0 Å². The fourth-order valence-electron chi connectivity index (χ4n) is 3.66. The van der Waals surface area contributed by atoms with Crippen LogP contribution >= 0.6 is 0 Å². The second kappa shape index (κ2) is 5.94. The van der Waals surface area contributed by atoms with Gasteiger partial charge >= 0.3 is 0 Å². The molecule has 108 valence electrons. The Bertz CT molecular complexity index is 448. The second-order valence-corrected chi connectivity index (χ2v) is 6.02. The summed E-state index contributed by atoms with van der Waals surface area (Å²) < 4.78 is 0. The highest BCUT2D eigenvalue weighted by Gasteiger charge is 2.39. The average molecular weight is 273 g/mol. The molecule has 20 heavy (non-hydrogen) atoms. The summed E-state index contributed by atoms with van der Waals surface area (Å²) in [6.45, 7) is 0.862. The van der Waals surface area contributed by atoms with E-state index in [-0.39, 0.29) is 5.91 Å². The molecule has 2 saturated heterocycles. The number of carbonyl (C=O) groups is 1. The maximum absolute atomic E-state index is 12.0. The zero-order valence-electron chi connectivity index (χ0n) is 11.8. The number of rotatable bonds is 4. The van der Waals surface area contributed by atoms with Gasteiger partial charge in [-0.25, -0.2) is 0 Å². The molecule has 4 heteroatoms. The van der Waals surface area contributed by atoms with Crippen LogP contribution in [0.5, 0.6) is 0 Å². The zero-order chi connectivity index (χ0) is 13.9. The Morgan fingerprint density at radius 2 is 1.85 bits per heavy atom. The number of hydrogen-bond donors (Lipinski definition) is 2. The highest BCUT2D eigenvalue weighted by molar-refractivity contribution is 5.90. The quantitative estimate of drug-likeness (QED) is 0.882. The molecule has 0 aromatic heterocycles. The van der Waals surface area contributed by atoms with E-state index in [1.807, 2.05) is 30.3 Å². The van der Waals surface area contributed by atoms with Crippen molar-refractivity contribution in [2.45, 2.75) is 50.2 Å². The molecule has 2 fully saturated rings. The van der Waals surface area contributed by atoms with E-state index in [0.29, 0.717) is 24.5 Å². The summed E-state index contributed by atoms with van der Waals surface area (Å²) in [4.78, 5) is 14.5. The van der Waals surface area contributed by atoms with Crippen LogP contribution < -0.4 is 11.1 Å². The van der Waals surface area contributed by atoms with Crippen LogP contribution in [0.15, 0.2) is 30.3 Å².